The van der Waals surface area contributed by atoms with Crippen molar-refractivity contribution in [1.29, 1.82) is 0 Å². The zero-order valence-corrected chi connectivity index (χ0v) is 25.8. The van der Waals surface area contributed by atoms with Crippen LogP contribution in [0.4, 0.5) is 0 Å². The molecule has 0 aromatic rings. The van der Waals surface area contributed by atoms with E-state index in [4.69, 9.17) is 0 Å². The molecule has 0 amide bonds. The average Bonchev–Trinajstić information content (AvgIpc) is 2.71. The molecule has 0 spiro atoms. The van der Waals surface area contributed by atoms with Gasteiger partial charge < -0.3 is 19.8 Å². The third kappa shape index (κ3) is 29.0. The Morgan fingerprint density at radius 3 is 1.06 bits per heavy atom. The van der Waals surface area contributed by atoms with Gasteiger partial charge in [0.2, 0.25) is 0 Å². The van der Waals surface area contributed by atoms with Crippen LogP contribution in [0.1, 0.15) is 148 Å². The van der Waals surface area contributed by atoms with Gasteiger partial charge in [0, 0.05) is 17.9 Å². The second kappa shape index (κ2) is 30.0. The van der Waals surface area contributed by atoms with E-state index in [0.717, 1.165) is 19.3 Å². The Hall–Kier alpha value is 0.940. The van der Waals surface area contributed by atoms with E-state index in [-0.39, 0.29) is 59.1 Å². The van der Waals surface area contributed by atoms with Crippen molar-refractivity contribution in [2.45, 2.75) is 148 Å². The molecule has 178 valence electrons. The Morgan fingerprint density at radius 2 is 0.812 bits per heavy atom. The number of rotatable bonds is 24. The molecule has 0 aromatic carbocycles. The number of hydrogen-bond acceptors (Lipinski definition) is 4. The van der Waals surface area contributed by atoms with E-state index in [2.05, 4.69) is 6.92 Å². The number of carboxylic acid groups (broad SMARTS) is 2. The number of carbonyl (C=O) groups is 2. The van der Waals surface area contributed by atoms with E-state index in [1.165, 1.54) is 109 Å². The molecule has 0 bridgehead atoms. The number of carbonyl (C=O) groups excluding carboxylic acids is 2. The van der Waals surface area contributed by atoms with E-state index in [1.807, 2.05) is 0 Å². The Labute approximate surface area is 243 Å². The maximum absolute atomic E-state index is 10.9. The van der Waals surface area contributed by atoms with E-state index in [1.54, 1.807) is 0 Å². The fourth-order valence-electron chi connectivity index (χ4n) is 4.15. The van der Waals surface area contributed by atoms with Crippen molar-refractivity contribution >= 4 is 11.9 Å². The molecule has 1 unspecified atom stereocenters. The molecule has 0 heterocycles. The zero-order valence-electron chi connectivity index (χ0n) is 21.8. The molecule has 0 aliphatic heterocycles. The van der Waals surface area contributed by atoms with Crippen molar-refractivity contribution in [3.63, 3.8) is 0 Å². The van der Waals surface area contributed by atoms with Crippen molar-refractivity contribution in [3.8, 4) is 0 Å². The molecule has 0 saturated carbocycles. The first kappa shape index (κ1) is 37.5. The summed E-state index contributed by atoms with van der Waals surface area (Å²) in [5, 5.41) is 21.4. The number of hydrogen-bond donors (Lipinski definition) is 0. The predicted molar refractivity (Wildman–Crippen MR) is 121 cm³/mol. The normalized spacial score (nSPS) is 11.4. The minimum absolute atomic E-state index is 0. The first-order valence-electron chi connectivity index (χ1n) is 13.0. The summed E-state index contributed by atoms with van der Waals surface area (Å²) in [5.74, 6) is -3.47. The first-order chi connectivity index (χ1) is 14.6. The van der Waals surface area contributed by atoms with Gasteiger partial charge in [-0.2, -0.15) is 0 Å². The van der Waals surface area contributed by atoms with Crippen molar-refractivity contribution in [2.24, 2.45) is 5.92 Å². The smallest absolute Gasteiger partial charge is 0.550 e. The molecule has 0 aromatic heterocycles. The van der Waals surface area contributed by atoms with Gasteiger partial charge in [0.15, 0.2) is 0 Å². The Bertz CT molecular complexity index is 405. The van der Waals surface area contributed by atoms with Gasteiger partial charge in [-0.05, 0) is 12.8 Å². The summed E-state index contributed by atoms with van der Waals surface area (Å²) in [4.78, 5) is 21.4. The van der Waals surface area contributed by atoms with Crippen LogP contribution in [0.25, 0.3) is 0 Å². The van der Waals surface area contributed by atoms with Crippen molar-refractivity contribution in [3.05, 3.63) is 0 Å². The van der Waals surface area contributed by atoms with Gasteiger partial charge in [-0.1, -0.05) is 135 Å². The molecular weight excluding hydrogens is 422 g/mol. The van der Waals surface area contributed by atoms with Crippen LogP contribution in [0, 0.1) is 5.92 Å². The minimum atomic E-state index is -1.31. The Balaban J connectivity index is -0.00000420. The summed E-state index contributed by atoms with van der Waals surface area (Å²) < 4.78 is 0. The number of unbranched alkanes of at least 4 members (excludes halogenated alkanes) is 19. The van der Waals surface area contributed by atoms with Crippen molar-refractivity contribution < 1.29 is 78.9 Å². The summed E-state index contributed by atoms with van der Waals surface area (Å²) in [7, 11) is 0. The van der Waals surface area contributed by atoms with Crippen molar-refractivity contribution in [2.75, 3.05) is 0 Å². The summed E-state index contributed by atoms with van der Waals surface area (Å²) in [5.41, 5.74) is 0. The monoisotopic (exact) mass is 470 g/mol. The summed E-state index contributed by atoms with van der Waals surface area (Å²) >= 11 is 0. The Kier molecular flexibility index (Phi) is 35.1. The maximum Gasteiger partial charge on any atom is 1.00 e. The van der Waals surface area contributed by atoms with Crippen LogP contribution in [0.2, 0.25) is 0 Å². The van der Waals surface area contributed by atoms with Gasteiger partial charge in [0.1, 0.15) is 0 Å². The fourth-order valence-corrected chi connectivity index (χ4v) is 4.15. The summed E-state index contributed by atoms with van der Waals surface area (Å²) in [6.45, 7) is 2.27. The number of aliphatic carboxylic acids is 2. The van der Waals surface area contributed by atoms with E-state index >= 15 is 0 Å². The molecule has 32 heavy (non-hydrogen) atoms. The van der Waals surface area contributed by atoms with Gasteiger partial charge in [0.25, 0.3) is 0 Å². The molecule has 1 atom stereocenters. The van der Waals surface area contributed by atoms with Crippen LogP contribution >= 0.6 is 0 Å². The van der Waals surface area contributed by atoms with Gasteiger partial charge >= 0.3 is 59.1 Å². The topological polar surface area (TPSA) is 80.3 Å². The second-order valence-corrected chi connectivity index (χ2v) is 9.10. The van der Waals surface area contributed by atoms with E-state index < -0.39 is 24.3 Å². The molecule has 6 heteroatoms. The first-order valence-corrected chi connectivity index (χ1v) is 13.0. The maximum atomic E-state index is 10.9. The third-order valence-electron chi connectivity index (χ3n) is 6.15. The quantitative estimate of drug-likeness (QED) is 0.143. The largest absolute Gasteiger partial charge is 1.00 e. The van der Waals surface area contributed by atoms with Crippen LogP contribution < -0.4 is 69.3 Å². The standard InChI is InChI=1S/C26H50O4.2Na/c1-2-3-4-5-6-7-8-9-10-11-12-13-14-15-16-17-18-19-20-21-22-24(26(29)30)23-25(27)28;;/h24H,2-23H2,1H3,(H,27,28)(H,29,30);;/q;2*+1/p-2. The molecule has 0 rings (SSSR count). The van der Waals surface area contributed by atoms with E-state index in [0.29, 0.717) is 6.42 Å². The van der Waals surface area contributed by atoms with Gasteiger partial charge in [-0.15, -0.1) is 0 Å². The zero-order chi connectivity index (χ0) is 22.3. The molecule has 4 nitrogen and oxygen atoms in total. The average molecular weight is 471 g/mol. The fraction of sp³-hybridized carbons (Fsp3) is 0.923. The second-order valence-electron chi connectivity index (χ2n) is 9.10. The number of carboxylic acids is 2. The summed E-state index contributed by atoms with van der Waals surface area (Å²) in [6, 6.07) is 0. The van der Waals surface area contributed by atoms with Crippen LogP contribution in [-0.4, -0.2) is 11.9 Å². The molecule has 0 saturated heterocycles. The minimum Gasteiger partial charge on any atom is -0.550 e. The molecule has 0 radical (unpaired) electrons. The molecule has 0 aliphatic carbocycles. The third-order valence-corrected chi connectivity index (χ3v) is 6.15. The van der Waals surface area contributed by atoms with Crippen LogP contribution in [-0.2, 0) is 9.59 Å². The predicted octanol–water partition coefficient (Wildman–Crippen LogP) is -0.287. The summed E-state index contributed by atoms with van der Waals surface area (Å²) in [6.07, 6.45) is 26.1. The molecule has 0 fully saturated rings. The molecular formula is C26H48Na2O4. The van der Waals surface area contributed by atoms with Gasteiger partial charge in [-0.3, -0.25) is 0 Å². The van der Waals surface area contributed by atoms with Crippen LogP contribution in [0.15, 0.2) is 0 Å². The van der Waals surface area contributed by atoms with Crippen molar-refractivity contribution in [1.82, 2.24) is 0 Å². The molecule has 0 aliphatic rings. The molecule has 0 N–H and O–H groups in total. The van der Waals surface area contributed by atoms with Crippen LogP contribution in [0.5, 0.6) is 0 Å². The Morgan fingerprint density at radius 1 is 0.531 bits per heavy atom. The van der Waals surface area contributed by atoms with E-state index in [9.17, 15) is 19.8 Å². The van der Waals surface area contributed by atoms with Crippen LogP contribution in [0.3, 0.4) is 0 Å². The SMILES string of the molecule is CCCCCCCCCCCCCCCCCCCCCCC(CC(=O)[O-])C(=O)[O-].[Na+].[Na+]. The van der Waals surface area contributed by atoms with Gasteiger partial charge in [-0.25, -0.2) is 0 Å². The van der Waals surface area contributed by atoms with Gasteiger partial charge in [0.05, 0.1) is 0 Å².